The number of aromatic nitrogens is 3. The third kappa shape index (κ3) is 3.50. The average molecular weight is 330 g/mol. The van der Waals surface area contributed by atoms with Crippen LogP contribution in [0.5, 0.6) is 0 Å². The molecule has 1 fully saturated rings. The molecule has 24 heavy (non-hydrogen) atoms. The zero-order valence-electron chi connectivity index (χ0n) is 13.0. The van der Waals surface area contributed by atoms with Crippen LogP contribution in [0, 0.1) is 10.1 Å². The highest BCUT2D eigenvalue weighted by Crippen LogP contribution is 2.28. The SMILES string of the molecule is O=C(Nc1ccncc1[N+](=O)[O-])N[C@@H]1CCCC[C@@H]1n1cccn1. The number of nitrogens with one attached hydrogen (secondary N) is 2. The number of hydrogen-bond donors (Lipinski definition) is 2. The maximum absolute atomic E-state index is 12.3. The maximum Gasteiger partial charge on any atom is 0.319 e. The Balaban J connectivity index is 1.69. The van der Waals surface area contributed by atoms with Crippen LogP contribution in [0.2, 0.25) is 0 Å². The Kier molecular flexibility index (Phi) is 4.69. The lowest BCUT2D eigenvalue weighted by molar-refractivity contribution is -0.384. The summed E-state index contributed by atoms with van der Waals surface area (Å²) in [7, 11) is 0. The van der Waals surface area contributed by atoms with Gasteiger partial charge in [-0.1, -0.05) is 12.8 Å². The zero-order valence-corrected chi connectivity index (χ0v) is 13.0. The van der Waals surface area contributed by atoms with Crippen LogP contribution in [0.3, 0.4) is 0 Å². The van der Waals surface area contributed by atoms with Gasteiger partial charge in [-0.2, -0.15) is 5.10 Å². The summed E-state index contributed by atoms with van der Waals surface area (Å²) in [5.74, 6) is 0. The minimum absolute atomic E-state index is 0.0699. The fraction of sp³-hybridized carbons (Fsp3) is 0.400. The second-order valence-corrected chi connectivity index (χ2v) is 5.69. The number of nitrogens with zero attached hydrogens (tertiary/aromatic N) is 4. The first-order valence-electron chi connectivity index (χ1n) is 7.80. The number of hydrogen-bond acceptors (Lipinski definition) is 5. The fourth-order valence-corrected chi connectivity index (χ4v) is 3.04. The topological polar surface area (TPSA) is 115 Å². The van der Waals surface area contributed by atoms with Crippen molar-refractivity contribution < 1.29 is 9.72 Å². The molecule has 0 aromatic carbocycles. The van der Waals surface area contributed by atoms with Gasteiger partial charge in [0.05, 0.1) is 17.0 Å². The largest absolute Gasteiger partial charge is 0.333 e. The molecule has 2 aromatic rings. The molecule has 0 radical (unpaired) electrons. The van der Waals surface area contributed by atoms with Crippen molar-refractivity contribution in [2.24, 2.45) is 0 Å². The standard InChI is InChI=1S/C15H18N6O3/c22-15(19-12-6-8-16-10-14(12)21(23)24)18-11-4-1-2-5-13(11)20-9-3-7-17-20/h3,6-11,13H,1-2,4-5H2,(H2,16,18,19,22)/t11-,13+/m1/s1. The maximum atomic E-state index is 12.3. The molecule has 1 saturated carbocycles. The molecular formula is C15H18N6O3. The van der Waals surface area contributed by atoms with E-state index in [1.165, 1.54) is 12.3 Å². The Hall–Kier alpha value is -2.97. The molecule has 2 atom stereocenters. The van der Waals surface area contributed by atoms with Gasteiger partial charge in [-0.25, -0.2) is 4.79 Å². The molecule has 9 heteroatoms. The molecule has 1 aliphatic rings. The quantitative estimate of drug-likeness (QED) is 0.660. The third-order valence-electron chi connectivity index (χ3n) is 4.16. The summed E-state index contributed by atoms with van der Waals surface area (Å²) in [5.41, 5.74) is -0.112. The third-order valence-corrected chi connectivity index (χ3v) is 4.16. The van der Waals surface area contributed by atoms with Crippen LogP contribution >= 0.6 is 0 Å². The predicted octanol–water partition coefficient (Wildman–Crippen LogP) is 2.49. The molecule has 2 aromatic heterocycles. The van der Waals surface area contributed by atoms with Gasteiger partial charge in [-0.05, 0) is 25.0 Å². The van der Waals surface area contributed by atoms with E-state index < -0.39 is 11.0 Å². The number of pyridine rings is 1. The van der Waals surface area contributed by atoms with Crippen LogP contribution in [0.25, 0.3) is 0 Å². The monoisotopic (exact) mass is 330 g/mol. The Morgan fingerprint density at radius 3 is 2.92 bits per heavy atom. The molecule has 2 amide bonds. The van der Waals surface area contributed by atoms with E-state index in [1.807, 2.05) is 16.9 Å². The van der Waals surface area contributed by atoms with Crippen molar-refractivity contribution in [1.82, 2.24) is 20.1 Å². The molecule has 126 valence electrons. The summed E-state index contributed by atoms with van der Waals surface area (Å²) in [4.78, 5) is 26.4. The van der Waals surface area contributed by atoms with E-state index in [2.05, 4.69) is 20.7 Å². The summed E-state index contributed by atoms with van der Waals surface area (Å²) >= 11 is 0. The van der Waals surface area contributed by atoms with Gasteiger partial charge in [0.2, 0.25) is 0 Å². The highest BCUT2D eigenvalue weighted by molar-refractivity contribution is 5.91. The van der Waals surface area contributed by atoms with Gasteiger partial charge in [0, 0.05) is 18.6 Å². The molecular weight excluding hydrogens is 312 g/mol. The normalized spacial score (nSPS) is 20.3. The molecule has 0 aliphatic heterocycles. The van der Waals surface area contributed by atoms with Gasteiger partial charge < -0.3 is 10.6 Å². The zero-order chi connectivity index (χ0) is 16.9. The number of amides is 2. The van der Waals surface area contributed by atoms with Crippen molar-refractivity contribution in [3.05, 3.63) is 47.0 Å². The molecule has 0 unspecified atom stereocenters. The Morgan fingerprint density at radius 1 is 1.33 bits per heavy atom. The van der Waals surface area contributed by atoms with E-state index in [9.17, 15) is 14.9 Å². The van der Waals surface area contributed by atoms with E-state index in [0.717, 1.165) is 31.9 Å². The number of anilines is 1. The fourth-order valence-electron chi connectivity index (χ4n) is 3.04. The lowest BCUT2D eigenvalue weighted by Crippen LogP contribution is -2.45. The summed E-state index contributed by atoms with van der Waals surface area (Å²) in [6.45, 7) is 0. The van der Waals surface area contributed by atoms with Gasteiger partial charge in [0.15, 0.2) is 0 Å². The van der Waals surface area contributed by atoms with Crippen molar-refractivity contribution in [3.63, 3.8) is 0 Å². The Morgan fingerprint density at radius 2 is 2.17 bits per heavy atom. The van der Waals surface area contributed by atoms with Crippen molar-refractivity contribution in [2.75, 3.05) is 5.32 Å². The molecule has 9 nitrogen and oxygen atoms in total. The first-order chi connectivity index (χ1) is 11.6. The average Bonchev–Trinajstić information content (AvgIpc) is 3.10. The smallest absolute Gasteiger partial charge is 0.319 e. The second-order valence-electron chi connectivity index (χ2n) is 5.69. The van der Waals surface area contributed by atoms with Crippen LogP contribution in [0.1, 0.15) is 31.7 Å². The second kappa shape index (κ2) is 7.07. The van der Waals surface area contributed by atoms with E-state index in [-0.39, 0.29) is 23.5 Å². The van der Waals surface area contributed by atoms with Crippen molar-refractivity contribution in [1.29, 1.82) is 0 Å². The van der Waals surface area contributed by atoms with Crippen LogP contribution in [0.15, 0.2) is 36.9 Å². The molecule has 0 spiro atoms. The lowest BCUT2D eigenvalue weighted by atomic mass is 9.90. The van der Waals surface area contributed by atoms with Gasteiger partial charge in [-0.3, -0.25) is 19.8 Å². The number of carbonyl (C=O) groups excluding carboxylic acids is 1. The van der Waals surface area contributed by atoms with E-state index in [0.29, 0.717) is 0 Å². The van der Waals surface area contributed by atoms with E-state index in [1.54, 1.807) is 6.20 Å². The van der Waals surface area contributed by atoms with E-state index >= 15 is 0 Å². The number of urea groups is 1. The lowest BCUT2D eigenvalue weighted by Gasteiger charge is -2.32. The number of nitro groups is 1. The van der Waals surface area contributed by atoms with Crippen molar-refractivity contribution in [2.45, 2.75) is 37.8 Å². The summed E-state index contributed by atoms with van der Waals surface area (Å²) in [5, 5.41) is 20.7. The van der Waals surface area contributed by atoms with Gasteiger partial charge in [0.1, 0.15) is 11.9 Å². The highest BCUT2D eigenvalue weighted by atomic mass is 16.6. The molecule has 1 aliphatic carbocycles. The van der Waals surface area contributed by atoms with Crippen LogP contribution in [0.4, 0.5) is 16.2 Å². The van der Waals surface area contributed by atoms with Gasteiger partial charge >= 0.3 is 11.7 Å². The Bertz CT molecular complexity index is 718. The highest BCUT2D eigenvalue weighted by Gasteiger charge is 2.28. The molecule has 2 heterocycles. The number of rotatable bonds is 4. The molecule has 2 N–H and O–H groups in total. The number of carbonyl (C=O) groups is 1. The molecule has 3 rings (SSSR count). The minimum Gasteiger partial charge on any atom is -0.333 e. The molecule has 0 saturated heterocycles. The minimum atomic E-state index is -0.574. The van der Waals surface area contributed by atoms with Gasteiger partial charge in [-0.15, -0.1) is 0 Å². The van der Waals surface area contributed by atoms with Crippen molar-refractivity contribution >= 4 is 17.4 Å². The van der Waals surface area contributed by atoms with Crippen LogP contribution in [-0.4, -0.2) is 31.8 Å². The summed E-state index contributed by atoms with van der Waals surface area (Å²) < 4.78 is 1.86. The summed E-state index contributed by atoms with van der Waals surface area (Å²) in [6.07, 6.45) is 10.00. The van der Waals surface area contributed by atoms with Gasteiger partial charge in [0.25, 0.3) is 0 Å². The van der Waals surface area contributed by atoms with Crippen LogP contribution in [-0.2, 0) is 0 Å². The molecule has 0 bridgehead atoms. The van der Waals surface area contributed by atoms with Crippen molar-refractivity contribution in [3.8, 4) is 0 Å². The van der Waals surface area contributed by atoms with E-state index in [4.69, 9.17) is 0 Å². The van der Waals surface area contributed by atoms with Crippen LogP contribution < -0.4 is 10.6 Å². The first kappa shape index (κ1) is 15.9. The first-order valence-corrected chi connectivity index (χ1v) is 7.80. The Labute approximate surface area is 138 Å². The predicted molar refractivity (Wildman–Crippen MR) is 86.6 cm³/mol. The summed E-state index contributed by atoms with van der Waals surface area (Å²) in [6, 6.07) is 2.81.